The third kappa shape index (κ3) is 3.64. The number of carbonyl (C=O) groups excluding carboxylic acids is 1. The van der Waals surface area contributed by atoms with Crippen molar-refractivity contribution >= 4 is 23.3 Å². The van der Waals surface area contributed by atoms with Crippen LogP contribution >= 0.6 is 11.6 Å². The first-order valence-corrected chi connectivity index (χ1v) is 8.06. The van der Waals surface area contributed by atoms with E-state index in [1.165, 1.54) is 18.2 Å². The molecule has 8 heteroatoms. The number of alkyl halides is 1. The maximum atomic E-state index is 12.5. The van der Waals surface area contributed by atoms with Crippen molar-refractivity contribution in [3.63, 3.8) is 0 Å². The van der Waals surface area contributed by atoms with Crippen LogP contribution in [0.1, 0.15) is 25.3 Å². The van der Waals surface area contributed by atoms with Gasteiger partial charge >= 0.3 is 5.97 Å². The maximum absolute atomic E-state index is 12.5. The van der Waals surface area contributed by atoms with Crippen LogP contribution in [0.25, 0.3) is 0 Å². The minimum absolute atomic E-state index is 0.00955. The van der Waals surface area contributed by atoms with E-state index in [1.807, 2.05) is 0 Å². The monoisotopic (exact) mass is 361 g/mol. The minimum Gasteiger partial charge on any atom is -0.463 e. The van der Waals surface area contributed by atoms with Crippen LogP contribution in [0.3, 0.4) is 0 Å². The van der Waals surface area contributed by atoms with Gasteiger partial charge in [-0.05, 0) is 19.4 Å². The van der Waals surface area contributed by atoms with Gasteiger partial charge in [0.15, 0.2) is 0 Å². The van der Waals surface area contributed by atoms with Crippen molar-refractivity contribution in [2.75, 3.05) is 12.5 Å². The van der Waals surface area contributed by atoms with Gasteiger partial charge in [0.1, 0.15) is 0 Å². The first kappa shape index (κ1) is 18.5. The van der Waals surface area contributed by atoms with E-state index in [0.717, 1.165) is 0 Å². The van der Waals surface area contributed by atoms with Gasteiger partial charge in [0.2, 0.25) is 0 Å². The van der Waals surface area contributed by atoms with Crippen LogP contribution in [0.4, 0.5) is 5.69 Å². The number of allylic oxidation sites excluding steroid dienone is 3. The van der Waals surface area contributed by atoms with Crippen LogP contribution in [0.15, 0.2) is 46.8 Å². The third-order valence-electron chi connectivity index (χ3n) is 3.81. The van der Waals surface area contributed by atoms with Crippen LogP contribution in [0.2, 0.25) is 0 Å². The number of nitrogens with one attached hydrogen (secondary N) is 1. The van der Waals surface area contributed by atoms with Gasteiger partial charge in [-0.25, -0.2) is 4.79 Å². The van der Waals surface area contributed by atoms with Gasteiger partial charge in [0.05, 0.1) is 40.5 Å². The maximum Gasteiger partial charge on any atom is 0.336 e. The zero-order chi connectivity index (χ0) is 18.6. The van der Waals surface area contributed by atoms with Gasteiger partial charge in [-0.1, -0.05) is 12.1 Å². The van der Waals surface area contributed by atoms with Gasteiger partial charge in [-0.3, -0.25) is 10.1 Å². The summed E-state index contributed by atoms with van der Waals surface area (Å²) >= 11 is 5.97. The molecule has 1 aliphatic heterocycles. The van der Waals surface area contributed by atoms with Crippen molar-refractivity contribution in [2.24, 2.45) is 0 Å². The van der Waals surface area contributed by atoms with Crippen molar-refractivity contribution in [1.82, 2.24) is 5.32 Å². The van der Waals surface area contributed by atoms with Gasteiger partial charge in [-0.15, -0.1) is 11.6 Å². The molecule has 2 rings (SSSR count). The molecule has 0 bridgehead atoms. The van der Waals surface area contributed by atoms with Crippen LogP contribution in [0, 0.1) is 21.4 Å². The molecule has 1 aromatic rings. The van der Waals surface area contributed by atoms with E-state index in [1.54, 1.807) is 19.9 Å². The predicted octanol–water partition coefficient (Wildman–Crippen LogP) is 3.14. The van der Waals surface area contributed by atoms with Crippen LogP contribution in [-0.4, -0.2) is 23.4 Å². The normalized spacial score (nSPS) is 17.0. The number of nitriles is 1. The highest BCUT2D eigenvalue weighted by Crippen LogP contribution is 2.39. The van der Waals surface area contributed by atoms with E-state index in [9.17, 15) is 20.2 Å². The number of carbonyl (C=O) groups is 1. The lowest BCUT2D eigenvalue weighted by Gasteiger charge is -2.29. The number of halogens is 1. The number of benzene rings is 1. The Morgan fingerprint density at radius 3 is 2.80 bits per heavy atom. The molecule has 1 heterocycles. The Balaban J connectivity index is 2.69. The van der Waals surface area contributed by atoms with E-state index in [-0.39, 0.29) is 29.3 Å². The molecular formula is C17H16ClN3O4. The summed E-state index contributed by atoms with van der Waals surface area (Å²) in [5.41, 5.74) is 1.78. The zero-order valence-electron chi connectivity index (χ0n) is 13.7. The highest BCUT2D eigenvalue weighted by Gasteiger charge is 2.35. The zero-order valence-corrected chi connectivity index (χ0v) is 14.5. The number of dihydropyridines is 1. The lowest BCUT2D eigenvalue weighted by Crippen LogP contribution is -2.30. The summed E-state index contributed by atoms with van der Waals surface area (Å²) in [6.45, 7) is 3.52. The fourth-order valence-corrected chi connectivity index (χ4v) is 2.96. The molecule has 1 unspecified atom stereocenters. The second kappa shape index (κ2) is 7.81. The van der Waals surface area contributed by atoms with Crippen molar-refractivity contribution in [3.05, 3.63) is 62.5 Å². The molecule has 1 aromatic carbocycles. The standard InChI is InChI=1S/C17H16ClN3O4/c1-3-25-17(22)16-14(8-18)20-10(2)13(9-19)15(16)11-5-4-6-12(7-11)21(23)24/h4-7,15,20H,3,8H2,1-2H3. The molecule has 0 saturated carbocycles. The van der Waals surface area contributed by atoms with E-state index in [2.05, 4.69) is 11.4 Å². The highest BCUT2D eigenvalue weighted by molar-refractivity contribution is 6.20. The van der Waals surface area contributed by atoms with E-state index in [4.69, 9.17) is 16.3 Å². The lowest BCUT2D eigenvalue weighted by molar-refractivity contribution is -0.384. The topological polar surface area (TPSA) is 105 Å². The number of nitro groups is 1. The van der Waals surface area contributed by atoms with Gasteiger partial charge in [0.25, 0.3) is 5.69 Å². The first-order chi connectivity index (χ1) is 11.9. The van der Waals surface area contributed by atoms with Crippen molar-refractivity contribution in [2.45, 2.75) is 19.8 Å². The highest BCUT2D eigenvalue weighted by atomic mass is 35.5. The molecule has 25 heavy (non-hydrogen) atoms. The first-order valence-electron chi connectivity index (χ1n) is 7.52. The number of nitrogens with zero attached hydrogens (tertiary/aromatic N) is 2. The fourth-order valence-electron chi connectivity index (χ4n) is 2.75. The molecule has 7 nitrogen and oxygen atoms in total. The Bertz CT molecular complexity index is 823. The van der Waals surface area contributed by atoms with Gasteiger partial charge in [-0.2, -0.15) is 5.26 Å². The molecule has 0 amide bonds. The molecule has 1 aliphatic rings. The summed E-state index contributed by atoms with van der Waals surface area (Å²) in [4.78, 5) is 23.1. The largest absolute Gasteiger partial charge is 0.463 e. The number of non-ortho nitro benzene ring substituents is 1. The molecule has 1 atom stereocenters. The van der Waals surface area contributed by atoms with E-state index < -0.39 is 16.8 Å². The summed E-state index contributed by atoms with van der Waals surface area (Å²) in [7, 11) is 0. The molecule has 1 N–H and O–H groups in total. The molecular weight excluding hydrogens is 346 g/mol. The molecule has 130 valence electrons. The molecule has 0 radical (unpaired) electrons. The fraction of sp³-hybridized carbons (Fsp3) is 0.294. The summed E-state index contributed by atoms with van der Waals surface area (Å²) < 4.78 is 5.11. The number of hydrogen-bond acceptors (Lipinski definition) is 6. The summed E-state index contributed by atoms with van der Waals surface area (Å²) in [6.07, 6.45) is 0. The number of nitro benzene ring substituents is 1. The average Bonchev–Trinajstić information content (AvgIpc) is 2.60. The van der Waals surface area contributed by atoms with Crippen LogP contribution in [0.5, 0.6) is 0 Å². The second-order valence-corrected chi connectivity index (χ2v) is 5.57. The lowest BCUT2D eigenvalue weighted by atomic mass is 9.81. The Hall–Kier alpha value is -2.85. The minimum atomic E-state index is -0.779. The molecule has 0 fully saturated rings. The quantitative estimate of drug-likeness (QED) is 0.374. The van der Waals surface area contributed by atoms with Gasteiger partial charge in [0, 0.05) is 23.5 Å². The predicted molar refractivity (Wildman–Crippen MR) is 91.7 cm³/mol. The van der Waals surface area contributed by atoms with E-state index >= 15 is 0 Å². The molecule has 0 aliphatic carbocycles. The van der Waals surface area contributed by atoms with E-state index in [0.29, 0.717) is 17.0 Å². The Morgan fingerprint density at radius 2 is 2.24 bits per heavy atom. The summed E-state index contributed by atoms with van der Waals surface area (Å²) in [5, 5.41) is 23.6. The van der Waals surface area contributed by atoms with Crippen molar-refractivity contribution in [1.29, 1.82) is 5.26 Å². The van der Waals surface area contributed by atoms with Gasteiger partial charge < -0.3 is 10.1 Å². The number of hydrogen-bond donors (Lipinski definition) is 1. The number of ether oxygens (including phenoxy) is 1. The summed E-state index contributed by atoms with van der Waals surface area (Å²) in [6, 6.07) is 7.94. The SMILES string of the molecule is CCOC(=O)C1=C(CCl)NC(C)=C(C#N)C1c1cccc([N+](=O)[O-])c1. The third-order valence-corrected chi connectivity index (χ3v) is 4.08. The Labute approximate surface area is 149 Å². The van der Waals surface area contributed by atoms with Crippen LogP contribution < -0.4 is 5.32 Å². The molecule has 0 aromatic heterocycles. The Morgan fingerprint density at radius 1 is 1.52 bits per heavy atom. The van der Waals surface area contributed by atoms with Crippen molar-refractivity contribution < 1.29 is 14.5 Å². The number of esters is 1. The second-order valence-electron chi connectivity index (χ2n) is 5.31. The Kier molecular flexibility index (Phi) is 5.78. The number of rotatable bonds is 5. The van der Waals surface area contributed by atoms with Crippen LogP contribution in [-0.2, 0) is 9.53 Å². The smallest absolute Gasteiger partial charge is 0.336 e. The summed E-state index contributed by atoms with van der Waals surface area (Å²) in [5.74, 6) is -1.38. The molecule has 0 spiro atoms. The average molecular weight is 362 g/mol. The van der Waals surface area contributed by atoms with Crippen molar-refractivity contribution in [3.8, 4) is 6.07 Å². The molecule has 0 saturated heterocycles.